The van der Waals surface area contributed by atoms with Gasteiger partial charge in [-0.3, -0.25) is 9.59 Å². The molecule has 3 saturated carbocycles. The molecule has 3 aromatic carbocycles. The van der Waals surface area contributed by atoms with Gasteiger partial charge in [0.15, 0.2) is 5.78 Å². The summed E-state index contributed by atoms with van der Waals surface area (Å²) in [5, 5.41) is 3.34. The normalized spacial score (nSPS) is 19.5. The summed E-state index contributed by atoms with van der Waals surface area (Å²) in [6.45, 7) is 4.29. The number of ether oxygens (including phenoxy) is 1. The van der Waals surface area contributed by atoms with Crippen LogP contribution < -0.4 is 10.1 Å². The second-order valence-corrected chi connectivity index (χ2v) is 10.8. The average Bonchev–Trinajstić information content (AvgIpc) is 3.23. The van der Waals surface area contributed by atoms with Crippen molar-refractivity contribution in [1.82, 2.24) is 5.32 Å². The van der Waals surface area contributed by atoms with E-state index in [0.29, 0.717) is 52.2 Å². The zero-order chi connectivity index (χ0) is 26.6. The fourth-order valence-corrected chi connectivity index (χ4v) is 6.10. The van der Waals surface area contributed by atoms with Gasteiger partial charge in [-0.05, 0) is 68.2 Å². The lowest BCUT2D eigenvalue weighted by molar-refractivity contribution is -0.103. The van der Waals surface area contributed by atoms with Crippen LogP contribution in [0.15, 0.2) is 59.0 Å². The van der Waals surface area contributed by atoms with Crippen molar-refractivity contribution in [2.24, 2.45) is 11.3 Å². The second-order valence-electron chi connectivity index (χ2n) is 10.8. The van der Waals surface area contributed by atoms with E-state index in [9.17, 15) is 14.0 Å². The van der Waals surface area contributed by atoms with Gasteiger partial charge in [0.2, 0.25) is 0 Å². The number of amides is 1. The Morgan fingerprint density at radius 1 is 1.05 bits per heavy atom. The predicted octanol–water partition coefficient (Wildman–Crippen LogP) is 7.35. The van der Waals surface area contributed by atoms with Crippen molar-refractivity contribution in [1.29, 1.82) is 0 Å². The summed E-state index contributed by atoms with van der Waals surface area (Å²) in [7, 11) is 1.58. The Balaban J connectivity index is 1.48. The topological polar surface area (TPSA) is 68.5 Å². The molecule has 0 aliphatic heterocycles. The Hall–Kier alpha value is -3.93. The number of Topliss-reactive ketones (excluding diaryl/α,β-unsaturated/α-hetero) is 1. The molecule has 1 N–H and O–H groups in total. The highest BCUT2D eigenvalue weighted by Crippen LogP contribution is 2.66. The molecule has 0 unspecified atom stereocenters. The first-order valence-corrected chi connectivity index (χ1v) is 13.2. The molecule has 7 rings (SSSR count). The summed E-state index contributed by atoms with van der Waals surface area (Å²) in [4.78, 5) is 26.2. The summed E-state index contributed by atoms with van der Waals surface area (Å²) in [5.41, 5.74) is 4.32. The van der Waals surface area contributed by atoms with Crippen molar-refractivity contribution in [3.8, 4) is 28.2 Å². The van der Waals surface area contributed by atoms with E-state index in [0.717, 1.165) is 36.3 Å². The van der Waals surface area contributed by atoms with Gasteiger partial charge >= 0.3 is 0 Å². The van der Waals surface area contributed by atoms with Crippen LogP contribution in [0.3, 0.4) is 0 Å². The van der Waals surface area contributed by atoms with Gasteiger partial charge < -0.3 is 14.5 Å². The molecule has 6 heteroatoms. The first-order chi connectivity index (χ1) is 18.3. The number of hydrogen-bond acceptors (Lipinski definition) is 4. The molecule has 1 amide bonds. The molecule has 5 nitrogen and oxygen atoms in total. The van der Waals surface area contributed by atoms with E-state index in [1.165, 1.54) is 6.07 Å². The second kappa shape index (κ2) is 9.12. The van der Waals surface area contributed by atoms with Crippen molar-refractivity contribution in [3.05, 3.63) is 77.1 Å². The van der Waals surface area contributed by atoms with E-state index in [4.69, 9.17) is 9.15 Å². The Morgan fingerprint density at radius 2 is 1.76 bits per heavy atom. The van der Waals surface area contributed by atoms with Gasteiger partial charge in [-0.1, -0.05) is 35.9 Å². The van der Waals surface area contributed by atoms with Crippen molar-refractivity contribution >= 4 is 22.7 Å². The fourth-order valence-electron chi connectivity index (χ4n) is 6.10. The lowest BCUT2D eigenvalue weighted by Gasteiger charge is -2.62. The highest BCUT2D eigenvalue weighted by atomic mass is 19.1. The minimum atomic E-state index is -0.514. The lowest BCUT2D eigenvalue weighted by Crippen LogP contribution is -2.52. The van der Waals surface area contributed by atoms with Gasteiger partial charge in [0.1, 0.15) is 22.9 Å². The molecule has 194 valence electrons. The van der Waals surface area contributed by atoms with Crippen LogP contribution in [0.5, 0.6) is 5.75 Å². The largest absolute Gasteiger partial charge is 0.493 e. The number of carbonyl (C=O) groups excluding carboxylic acids is 2. The summed E-state index contributed by atoms with van der Waals surface area (Å²) < 4.78 is 27.1. The van der Waals surface area contributed by atoms with Gasteiger partial charge in [-0.2, -0.15) is 0 Å². The van der Waals surface area contributed by atoms with Gasteiger partial charge in [0.05, 0.1) is 17.7 Å². The SMILES string of the molecule is CCOc1cc2oc(-c3ccc(C)cc3)c(C(=O)NC)c2cc1-c1ccc(F)c(C(=O)CC23CC(C2)C3)c1. The first kappa shape index (κ1) is 24.4. The molecule has 0 spiro atoms. The zero-order valence-corrected chi connectivity index (χ0v) is 21.8. The number of benzene rings is 3. The number of aryl methyl sites for hydroxylation is 1. The molecule has 1 heterocycles. The monoisotopic (exact) mass is 511 g/mol. The van der Waals surface area contributed by atoms with Crippen LogP contribution >= 0.6 is 0 Å². The number of furan rings is 1. The average molecular weight is 512 g/mol. The number of carbonyl (C=O) groups is 2. The van der Waals surface area contributed by atoms with Gasteiger partial charge in [0.25, 0.3) is 5.91 Å². The quantitative estimate of drug-likeness (QED) is 0.251. The molecular weight excluding hydrogens is 481 g/mol. The molecule has 1 aromatic heterocycles. The molecule has 0 saturated heterocycles. The molecule has 4 aromatic rings. The van der Waals surface area contributed by atoms with E-state index in [1.807, 2.05) is 44.2 Å². The summed E-state index contributed by atoms with van der Waals surface area (Å²) >= 11 is 0. The molecule has 3 fully saturated rings. The van der Waals surface area contributed by atoms with Crippen LogP contribution in [0.25, 0.3) is 33.4 Å². The number of hydrogen-bond donors (Lipinski definition) is 1. The number of rotatable bonds is 8. The molecule has 3 aliphatic rings. The van der Waals surface area contributed by atoms with Crippen molar-refractivity contribution in [2.75, 3.05) is 13.7 Å². The molecular formula is C32H30FNO4. The van der Waals surface area contributed by atoms with E-state index < -0.39 is 5.82 Å². The van der Waals surface area contributed by atoms with E-state index in [-0.39, 0.29) is 22.7 Å². The minimum Gasteiger partial charge on any atom is -0.493 e. The van der Waals surface area contributed by atoms with E-state index in [1.54, 1.807) is 25.2 Å². The molecule has 0 radical (unpaired) electrons. The maximum atomic E-state index is 14.9. The van der Waals surface area contributed by atoms with E-state index in [2.05, 4.69) is 5.32 Å². The smallest absolute Gasteiger partial charge is 0.255 e. The zero-order valence-electron chi connectivity index (χ0n) is 21.8. The van der Waals surface area contributed by atoms with Gasteiger partial charge in [-0.25, -0.2) is 4.39 Å². The predicted molar refractivity (Wildman–Crippen MR) is 145 cm³/mol. The van der Waals surface area contributed by atoms with Crippen LogP contribution in [-0.2, 0) is 0 Å². The summed E-state index contributed by atoms with van der Waals surface area (Å²) in [6, 6.07) is 16.0. The number of fused-ring (bicyclic) bond motifs is 1. The van der Waals surface area contributed by atoms with Crippen LogP contribution in [0, 0.1) is 24.1 Å². The van der Waals surface area contributed by atoms with Crippen LogP contribution in [0.2, 0.25) is 0 Å². The highest BCUT2D eigenvalue weighted by Gasteiger charge is 2.57. The molecule has 3 aliphatic carbocycles. The van der Waals surface area contributed by atoms with Crippen molar-refractivity contribution < 1.29 is 23.1 Å². The Kier molecular flexibility index (Phi) is 5.86. The highest BCUT2D eigenvalue weighted by molar-refractivity contribution is 6.12. The summed E-state index contributed by atoms with van der Waals surface area (Å²) in [5.74, 6) is 0.819. The van der Waals surface area contributed by atoms with Crippen LogP contribution in [0.1, 0.15) is 58.9 Å². The minimum absolute atomic E-state index is 0.0885. The lowest BCUT2D eigenvalue weighted by atomic mass is 9.43. The third kappa shape index (κ3) is 3.99. The van der Waals surface area contributed by atoms with Gasteiger partial charge in [-0.15, -0.1) is 0 Å². The number of halogens is 1. The first-order valence-electron chi connectivity index (χ1n) is 13.2. The van der Waals surface area contributed by atoms with Crippen LogP contribution in [-0.4, -0.2) is 25.3 Å². The Labute approximate surface area is 221 Å². The molecule has 2 bridgehead atoms. The van der Waals surface area contributed by atoms with Gasteiger partial charge in [0, 0.05) is 36.0 Å². The molecule has 0 atom stereocenters. The third-order valence-electron chi connectivity index (χ3n) is 8.14. The third-order valence-corrected chi connectivity index (χ3v) is 8.14. The maximum absolute atomic E-state index is 14.9. The Bertz CT molecular complexity index is 1570. The van der Waals surface area contributed by atoms with Crippen molar-refractivity contribution in [2.45, 2.75) is 39.5 Å². The Morgan fingerprint density at radius 3 is 2.39 bits per heavy atom. The van der Waals surface area contributed by atoms with Crippen molar-refractivity contribution in [3.63, 3.8) is 0 Å². The molecule has 38 heavy (non-hydrogen) atoms. The fraction of sp³-hybridized carbons (Fsp3) is 0.312. The standard InChI is InChI=1S/C32H30FNO4/c1-4-37-27-13-28-24(29(31(36)34-3)30(38-28)20-7-5-18(2)6-8-20)12-22(27)21-9-10-25(33)23(11-21)26(35)17-32-14-19(15-32)16-32/h5-13,19H,4,14-17H2,1-3H3,(H,34,36). The van der Waals surface area contributed by atoms with E-state index >= 15 is 0 Å². The van der Waals surface area contributed by atoms with Crippen LogP contribution in [0.4, 0.5) is 4.39 Å². The number of ketones is 1. The maximum Gasteiger partial charge on any atom is 0.255 e. The number of nitrogens with one attached hydrogen (secondary N) is 1. The summed E-state index contributed by atoms with van der Waals surface area (Å²) in [6.07, 6.45) is 3.63.